The van der Waals surface area contributed by atoms with Crippen LogP contribution >= 0.6 is 0 Å². The summed E-state index contributed by atoms with van der Waals surface area (Å²) in [5, 5.41) is 0. The molecule has 0 saturated carbocycles. The smallest absolute Gasteiger partial charge is 0.286 e. The van der Waals surface area contributed by atoms with Gasteiger partial charge in [0.25, 0.3) is 5.92 Å². The zero-order valence-corrected chi connectivity index (χ0v) is 9.95. The molecule has 3 nitrogen and oxygen atoms in total. The van der Waals surface area contributed by atoms with Crippen LogP contribution in [0.1, 0.15) is 26.5 Å². The van der Waals surface area contributed by atoms with Crippen molar-refractivity contribution in [2.24, 2.45) is 4.99 Å². The summed E-state index contributed by atoms with van der Waals surface area (Å²) in [6, 6.07) is 2.67. The van der Waals surface area contributed by atoms with E-state index in [1.807, 2.05) is 6.92 Å². The van der Waals surface area contributed by atoms with Gasteiger partial charge in [0.2, 0.25) is 0 Å². The van der Waals surface area contributed by atoms with Crippen molar-refractivity contribution in [3.8, 4) is 5.75 Å². The number of pyridine rings is 1. The molecule has 1 aromatic rings. The van der Waals surface area contributed by atoms with Crippen LogP contribution in [0.15, 0.2) is 35.6 Å². The molecule has 0 radical (unpaired) electrons. The molecule has 0 saturated heterocycles. The molecule has 0 aromatic carbocycles. The van der Waals surface area contributed by atoms with E-state index in [0.717, 1.165) is 6.92 Å². The molecule has 17 heavy (non-hydrogen) atoms. The van der Waals surface area contributed by atoms with Crippen LogP contribution in [0.25, 0.3) is 0 Å². The van der Waals surface area contributed by atoms with Crippen molar-refractivity contribution in [3.63, 3.8) is 0 Å². The monoisotopic (exact) mass is 240 g/mol. The molecule has 1 rings (SSSR count). The van der Waals surface area contributed by atoms with E-state index in [1.54, 1.807) is 19.2 Å². The quantitative estimate of drug-likeness (QED) is 0.598. The molecule has 0 aliphatic rings. The first-order valence-electron chi connectivity index (χ1n) is 5.11. The number of aromatic nitrogens is 1. The minimum absolute atomic E-state index is 0.284. The van der Waals surface area contributed by atoms with Gasteiger partial charge in [0.1, 0.15) is 11.4 Å². The van der Waals surface area contributed by atoms with Crippen molar-refractivity contribution in [3.05, 3.63) is 36.3 Å². The number of allylic oxidation sites excluding steroid dienone is 1. The summed E-state index contributed by atoms with van der Waals surface area (Å²) in [6.07, 6.45) is 4.59. The second kappa shape index (κ2) is 5.52. The Labute approximate surface area is 98.9 Å². The number of aliphatic imine (C=N–C) groups is 1. The molecular weight excluding hydrogens is 226 g/mol. The highest BCUT2D eigenvalue weighted by atomic mass is 19.3. The second-order valence-corrected chi connectivity index (χ2v) is 3.50. The standard InChI is InChI=1S/C12H14F2N2O/c1-4-7-15-9(2)17-10-5-6-11(16-8-10)12(3,13)14/h4-8H,1-3H3/b7-4-,15-9+. The third kappa shape index (κ3) is 4.30. The number of hydrogen-bond acceptors (Lipinski definition) is 3. The lowest BCUT2D eigenvalue weighted by Crippen LogP contribution is -2.10. The van der Waals surface area contributed by atoms with E-state index in [-0.39, 0.29) is 5.69 Å². The van der Waals surface area contributed by atoms with Crippen LogP contribution in [0, 0.1) is 0 Å². The highest BCUT2D eigenvalue weighted by Crippen LogP contribution is 2.25. The third-order valence-electron chi connectivity index (χ3n) is 1.86. The van der Waals surface area contributed by atoms with E-state index in [2.05, 4.69) is 9.98 Å². The van der Waals surface area contributed by atoms with Gasteiger partial charge in [-0.3, -0.25) is 4.98 Å². The number of hydrogen-bond donors (Lipinski definition) is 0. The van der Waals surface area contributed by atoms with Crippen LogP contribution in [0.3, 0.4) is 0 Å². The SMILES string of the molecule is C/C=C\N=C(/C)Oc1ccc(C(C)(F)F)nc1. The molecule has 1 heterocycles. The van der Waals surface area contributed by atoms with Gasteiger partial charge in [-0.1, -0.05) is 6.08 Å². The maximum atomic E-state index is 12.9. The molecule has 0 fully saturated rings. The Hall–Kier alpha value is -1.78. The van der Waals surface area contributed by atoms with Crippen LogP contribution in [-0.4, -0.2) is 10.9 Å². The number of rotatable bonds is 3. The van der Waals surface area contributed by atoms with Crippen molar-refractivity contribution in [1.29, 1.82) is 0 Å². The molecule has 92 valence electrons. The molecule has 0 amide bonds. The van der Waals surface area contributed by atoms with E-state index in [9.17, 15) is 8.78 Å². The second-order valence-electron chi connectivity index (χ2n) is 3.50. The maximum absolute atomic E-state index is 12.9. The normalized spacial score (nSPS) is 13.1. The molecular formula is C12H14F2N2O. The third-order valence-corrected chi connectivity index (χ3v) is 1.86. The number of alkyl halides is 2. The molecule has 0 spiro atoms. The fourth-order valence-corrected chi connectivity index (χ4v) is 1.08. The average Bonchev–Trinajstić information content (AvgIpc) is 2.26. The summed E-state index contributed by atoms with van der Waals surface area (Å²) in [4.78, 5) is 7.58. The molecule has 0 bridgehead atoms. The average molecular weight is 240 g/mol. The Morgan fingerprint density at radius 1 is 1.47 bits per heavy atom. The van der Waals surface area contributed by atoms with Gasteiger partial charge >= 0.3 is 0 Å². The Bertz CT molecular complexity index is 419. The van der Waals surface area contributed by atoms with Crippen molar-refractivity contribution in [2.45, 2.75) is 26.7 Å². The summed E-state index contributed by atoms with van der Waals surface area (Å²) >= 11 is 0. The Kier molecular flexibility index (Phi) is 4.31. The van der Waals surface area contributed by atoms with Crippen LogP contribution in [-0.2, 0) is 5.92 Å². The maximum Gasteiger partial charge on any atom is 0.286 e. The van der Waals surface area contributed by atoms with Crippen molar-refractivity contribution < 1.29 is 13.5 Å². The van der Waals surface area contributed by atoms with Crippen molar-refractivity contribution in [1.82, 2.24) is 4.98 Å². The van der Waals surface area contributed by atoms with Crippen LogP contribution < -0.4 is 4.74 Å². The minimum Gasteiger partial charge on any atom is -0.442 e. The van der Waals surface area contributed by atoms with Crippen LogP contribution in [0.4, 0.5) is 8.78 Å². The number of nitrogens with zero attached hydrogens (tertiary/aromatic N) is 2. The molecule has 0 N–H and O–H groups in total. The van der Waals surface area contributed by atoms with Gasteiger partial charge in [-0.2, -0.15) is 8.78 Å². The van der Waals surface area contributed by atoms with E-state index in [0.29, 0.717) is 11.6 Å². The lowest BCUT2D eigenvalue weighted by Gasteiger charge is -2.10. The van der Waals surface area contributed by atoms with Crippen molar-refractivity contribution in [2.75, 3.05) is 0 Å². The molecule has 0 aliphatic carbocycles. The van der Waals surface area contributed by atoms with Gasteiger partial charge in [-0.05, 0) is 19.1 Å². The highest BCUT2D eigenvalue weighted by Gasteiger charge is 2.25. The topological polar surface area (TPSA) is 34.5 Å². The van der Waals surface area contributed by atoms with E-state index in [1.165, 1.54) is 18.3 Å². The Morgan fingerprint density at radius 3 is 2.65 bits per heavy atom. The van der Waals surface area contributed by atoms with E-state index < -0.39 is 5.92 Å². The van der Waals surface area contributed by atoms with Gasteiger partial charge in [-0.15, -0.1) is 0 Å². The van der Waals surface area contributed by atoms with E-state index >= 15 is 0 Å². The van der Waals surface area contributed by atoms with Gasteiger partial charge in [-0.25, -0.2) is 4.99 Å². The zero-order chi connectivity index (χ0) is 12.9. The molecule has 0 atom stereocenters. The Morgan fingerprint density at radius 2 is 2.18 bits per heavy atom. The fraction of sp³-hybridized carbons (Fsp3) is 0.333. The summed E-state index contributed by atoms with van der Waals surface area (Å²) < 4.78 is 31.0. The molecule has 0 aliphatic heterocycles. The molecule has 5 heteroatoms. The first kappa shape index (κ1) is 13.3. The summed E-state index contributed by atoms with van der Waals surface area (Å²) in [7, 11) is 0. The molecule has 1 aromatic heterocycles. The van der Waals surface area contributed by atoms with Crippen LogP contribution in [0.2, 0.25) is 0 Å². The summed E-state index contributed by atoms with van der Waals surface area (Å²) in [6.45, 7) is 4.30. The largest absolute Gasteiger partial charge is 0.442 e. The number of ether oxygens (including phenoxy) is 1. The van der Waals surface area contributed by atoms with Gasteiger partial charge < -0.3 is 4.74 Å². The van der Waals surface area contributed by atoms with E-state index in [4.69, 9.17) is 4.74 Å². The minimum atomic E-state index is -2.94. The van der Waals surface area contributed by atoms with Crippen LogP contribution in [0.5, 0.6) is 5.75 Å². The van der Waals surface area contributed by atoms with Gasteiger partial charge in [0.15, 0.2) is 5.90 Å². The fourth-order valence-electron chi connectivity index (χ4n) is 1.08. The highest BCUT2D eigenvalue weighted by molar-refractivity contribution is 5.76. The Balaban J connectivity index is 2.76. The first-order chi connectivity index (χ1) is 7.93. The zero-order valence-electron chi connectivity index (χ0n) is 9.95. The summed E-state index contributed by atoms with van der Waals surface area (Å²) in [5.41, 5.74) is -0.284. The number of halogens is 2. The van der Waals surface area contributed by atoms with Crippen molar-refractivity contribution >= 4 is 5.90 Å². The van der Waals surface area contributed by atoms with Gasteiger partial charge in [0.05, 0.1) is 6.20 Å². The van der Waals surface area contributed by atoms with Gasteiger partial charge in [0, 0.05) is 20.0 Å². The predicted molar refractivity (Wildman–Crippen MR) is 62.4 cm³/mol. The predicted octanol–water partition coefficient (Wildman–Crippen LogP) is 3.52. The first-order valence-corrected chi connectivity index (χ1v) is 5.11. The lowest BCUT2D eigenvalue weighted by molar-refractivity contribution is 0.0127. The summed E-state index contributed by atoms with van der Waals surface area (Å²) in [5.74, 6) is -2.14. The lowest BCUT2D eigenvalue weighted by atomic mass is 10.2. The molecule has 0 unspecified atom stereocenters.